The van der Waals surface area contributed by atoms with Gasteiger partial charge in [0.25, 0.3) is 0 Å². The minimum absolute atomic E-state index is 0.0974. The van der Waals surface area contributed by atoms with Crippen molar-refractivity contribution in [1.82, 2.24) is 10.2 Å². The van der Waals surface area contributed by atoms with Gasteiger partial charge in [0.15, 0.2) is 0 Å². The van der Waals surface area contributed by atoms with Gasteiger partial charge in [-0.05, 0) is 49.1 Å². The molecular formula is C17H26N2O2. The van der Waals surface area contributed by atoms with Gasteiger partial charge in [0.05, 0.1) is 13.0 Å². The quantitative estimate of drug-likeness (QED) is 0.875. The van der Waals surface area contributed by atoms with Crippen LogP contribution < -0.4 is 10.1 Å². The zero-order valence-corrected chi connectivity index (χ0v) is 13.3. The summed E-state index contributed by atoms with van der Waals surface area (Å²) in [5.74, 6) is 0.970. The van der Waals surface area contributed by atoms with Crippen molar-refractivity contribution in [2.45, 2.75) is 38.6 Å². The fourth-order valence-corrected chi connectivity index (χ4v) is 2.82. The molecule has 1 unspecified atom stereocenters. The number of amides is 1. The van der Waals surface area contributed by atoms with Crippen LogP contribution in [-0.2, 0) is 11.2 Å². The Bertz CT molecular complexity index is 486. The van der Waals surface area contributed by atoms with Gasteiger partial charge in [0, 0.05) is 20.1 Å². The maximum Gasteiger partial charge on any atom is 0.225 e. The molecule has 1 aromatic carbocycles. The maximum absolute atomic E-state index is 11.5. The first-order chi connectivity index (χ1) is 10.1. The lowest BCUT2D eigenvalue weighted by molar-refractivity contribution is -0.129. The number of fused-ring (bicyclic) bond motifs is 1. The summed E-state index contributed by atoms with van der Waals surface area (Å²) >= 11 is 0. The Morgan fingerprint density at radius 2 is 2.24 bits per heavy atom. The number of aryl methyl sites for hydroxylation is 1. The van der Waals surface area contributed by atoms with Crippen LogP contribution in [0.25, 0.3) is 0 Å². The number of benzene rings is 1. The lowest BCUT2D eigenvalue weighted by Crippen LogP contribution is -2.25. The second kappa shape index (κ2) is 7.46. The number of nitrogens with zero attached hydrogens (tertiary/aromatic N) is 1. The molecule has 0 spiro atoms. The minimum atomic E-state index is 0.0974. The molecule has 116 valence electrons. The Labute approximate surface area is 127 Å². The summed E-state index contributed by atoms with van der Waals surface area (Å²) in [7, 11) is 3.53. The van der Waals surface area contributed by atoms with Crippen LogP contribution in [0.3, 0.4) is 0 Å². The highest BCUT2D eigenvalue weighted by atomic mass is 16.5. The van der Waals surface area contributed by atoms with Crippen molar-refractivity contribution in [3.63, 3.8) is 0 Å². The molecule has 0 aromatic heterocycles. The van der Waals surface area contributed by atoms with Gasteiger partial charge in [-0.2, -0.15) is 0 Å². The Kier molecular flexibility index (Phi) is 5.62. The van der Waals surface area contributed by atoms with Gasteiger partial charge < -0.3 is 15.0 Å². The second-order valence-electron chi connectivity index (χ2n) is 5.75. The monoisotopic (exact) mass is 290 g/mol. The van der Waals surface area contributed by atoms with Gasteiger partial charge in [-0.3, -0.25) is 4.79 Å². The maximum atomic E-state index is 11.5. The van der Waals surface area contributed by atoms with Crippen LogP contribution in [0.4, 0.5) is 0 Å². The predicted octanol–water partition coefficient (Wildman–Crippen LogP) is 2.53. The van der Waals surface area contributed by atoms with Crippen molar-refractivity contribution in [3.05, 3.63) is 29.3 Å². The van der Waals surface area contributed by atoms with Gasteiger partial charge in [-0.1, -0.05) is 13.0 Å². The van der Waals surface area contributed by atoms with Gasteiger partial charge in [-0.15, -0.1) is 0 Å². The molecule has 4 nitrogen and oxygen atoms in total. The molecule has 0 saturated carbocycles. The number of hydrogen-bond acceptors (Lipinski definition) is 3. The van der Waals surface area contributed by atoms with E-state index in [9.17, 15) is 4.79 Å². The van der Waals surface area contributed by atoms with E-state index >= 15 is 0 Å². The predicted molar refractivity (Wildman–Crippen MR) is 84.6 cm³/mol. The van der Waals surface area contributed by atoms with Crippen molar-refractivity contribution >= 4 is 5.91 Å². The first kappa shape index (κ1) is 15.8. The van der Waals surface area contributed by atoms with Gasteiger partial charge >= 0.3 is 0 Å². The molecule has 0 saturated heterocycles. The van der Waals surface area contributed by atoms with Crippen molar-refractivity contribution in [3.8, 4) is 5.75 Å². The standard InChI is InChI=1S/C17H26N2O2/c1-4-18-16-7-5-6-13-12-14(8-9-15(13)16)21-11-10-17(20)19(2)3/h8-9,12,16,18H,4-7,10-11H2,1-3H3. The molecule has 0 aliphatic heterocycles. The molecule has 21 heavy (non-hydrogen) atoms. The topological polar surface area (TPSA) is 41.6 Å². The molecule has 1 aliphatic rings. The summed E-state index contributed by atoms with van der Waals surface area (Å²) in [6.07, 6.45) is 3.96. The molecule has 1 amide bonds. The van der Waals surface area contributed by atoms with E-state index in [4.69, 9.17) is 4.74 Å². The summed E-state index contributed by atoms with van der Waals surface area (Å²) < 4.78 is 5.72. The van der Waals surface area contributed by atoms with Crippen LogP contribution in [0.15, 0.2) is 18.2 Å². The van der Waals surface area contributed by atoms with Crippen molar-refractivity contribution < 1.29 is 9.53 Å². The smallest absolute Gasteiger partial charge is 0.225 e. The highest BCUT2D eigenvalue weighted by Crippen LogP contribution is 2.32. The highest BCUT2D eigenvalue weighted by molar-refractivity contribution is 5.75. The Morgan fingerprint density at radius 1 is 1.43 bits per heavy atom. The molecule has 0 heterocycles. The number of rotatable bonds is 6. The van der Waals surface area contributed by atoms with E-state index in [1.54, 1.807) is 19.0 Å². The molecule has 0 bridgehead atoms. The first-order valence-electron chi connectivity index (χ1n) is 7.81. The fraction of sp³-hybridized carbons (Fsp3) is 0.588. The lowest BCUT2D eigenvalue weighted by Gasteiger charge is -2.26. The van der Waals surface area contributed by atoms with Crippen LogP contribution >= 0.6 is 0 Å². The third-order valence-corrected chi connectivity index (χ3v) is 3.96. The lowest BCUT2D eigenvalue weighted by atomic mass is 9.87. The molecular weight excluding hydrogens is 264 g/mol. The van der Waals surface area contributed by atoms with Gasteiger partial charge in [-0.25, -0.2) is 0 Å². The minimum Gasteiger partial charge on any atom is -0.493 e. The molecule has 4 heteroatoms. The van der Waals surface area contributed by atoms with E-state index in [0.29, 0.717) is 19.1 Å². The summed E-state index contributed by atoms with van der Waals surface area (Å²) in [5, 5.41) is 3.54. The van der Waals surface area contributed by atoms with Crippen LogP contribution in [0.5, 0.6) is 5.75 Å². The van der Waals surface area contributed by atoms with Crippen molar-refractivity contribution in [2.75, 3.05) is 27.2 Å². The molecule has 1 aliphatic carbocycles. The Balaban J connectivity index is 1.96. The largest absolute Gasteiger partial charge is 0.493 e. The van der Waals surface area contributed by atoms with E-state index in [-0.39, 0.29) is 5.91 Å². The van der Waals surface area contributed by atoms with Crippen LogP contribution in [-0.4, -0.2) is 38.1 Å². The zero-order chi connectivity index (χ0) is 15.2. The van der Waals surface area contributed by atoms with Crippen molar-refractivity contribution in [2.24, 2.45) is 0 Å². The van der Waals surface area contributed by atoms with E-state index in [0.717, 1.165) is 18.7 Å². The summed E-state index contributed by atoms with van der Waals surface area (Å²) in [4.78, 5) is 13.1. The normalized spacial score (nSPS) is 17.2. The van der Waals surface area contributed by atoms with E-state index in [1.165, 1.54) is 24.0 Å². The Hall–Kier alpha value is -1.55. The van der Waals surface area contributed by atoms with E-state index in [1.807, 2.05) is 6.07 Å². The summed E-state index contributed by atoms with van der Waals surface area (Å²) in [6.45, 7) is 3.58. The number of ether oxygens (including phenoxy) is 1. The Morgan fingerprint density at radius 3 is 2.95 bits per heavy atom. The average molecular weight is 290 g/mol. The van der Waals surface area contributed by atoms with E-state index < -0.39 is 0 Å². The molecule has 1 N–H and O–H groups in total. The molecule has 2 rings (SSSR count). The van der Waals surface area contributed by atoms with Crippen LogP contribution in [0.2, 0.25) is 0 Å². The number of carbonyl (C=O) groups excluding carboxylic acids is 1. The zero-order valence-electron chi connectivity index (χ0n) is 13.3. The fourth-order valence-electron chi connectivity index (χ4n) is 2.82. The SMILES string of the molecule is CCNC1CCCc2cc(OCCC(=O)N(C)C)ccc21. The highest BCUT2D eigenvalue weighted by Gasteiger charge is 2.19. The summed E-state index contributed by atoms with van der Waals surface area (Å²) in [5.41, 5.74) is 2.78. The number of hydrogen-bond donors (Lipinski definition) is 1. The molecule has 1 atom stereocenters. The third-order valence-electron chi connectivity index (χ3n) is 3.96. The van der Waals surface area contributed by atoms with Gasteiger partial charge in [0.2, 0.25) is 5.91 Å². The van der Waals surface area contributed by atoms with E-state index in [2.05, 4.69) is 24.4 Å². The van der Waals surface area contributed by atoms with Crippen molar-refractivity contribution in [1.29, 1.82) is 0 Å². The number of carbonyl (C=O) groups is 1. The molecule has 1 aromatic rings. The summed E-state index contributed by atoms with van der Waals surface area (Å²) in [6, 6.07) is 6.81. The molecule has 0 radical (unpaired) electrons. The number of nitrogens with one attached hydrogen (secondary N) is 1. The van der Waals surface area contributed by atoms with Gasteiger partial charge in [0.1, 0.15) is 5.75 Å². The van der Waals surface area contributed by atoms with Crippen LogP contribution in [0.1, 0.15) is 43.4 Å². The van der Waals surface area contributed by atoms with Crippen LogP contribution in [0, 0.1) is 0 Å². The first-order valence-corrected chi connectivity index (χ1v) is 7.81. The molecule has 0 fully saturated rings. The average Bonchev–Trinajstić information content (AvgIpc) is 2.47. The third kappa shape index (κ3) is 4.21. The second-order valence-corrected chi connectivity index (χ2v) is 5.75.